The highest BCUT2D eigenvalue weighted by atomic mass is 16.5. The summed E-state index contributed by atoms with van der Waals surface area (Å²) in [5.74, 6) is 0.622. The Labute approximate surface area is 94.6 Å². The minimum absolute atomic E-state index is 0.622. The number of nitrogens with zero attached hydrogens (tertiary/aromatic N) is 3. The third kappa shape index (κ3) is 2.03. The zero-order valence-electron chi connectivity index (χ0n) is 9.77. The van der Waals surface area contributed by atoms with Crippen LogP contribution in [0, 0.1) is 0 Å². The fraction of sp³-hybridized carbons (Fsp3) is 0.364. The fourth-order valence-electron chi connectivity index (χ4n) is 1.61. The van der Waals surface area contributed by atoms with Crippen molar-refractivity contribution in [1.82, 2.24) is 14.3 Å². The third-order valence-corrected chi connectivity index (χ3v) is 2.50. The predicted octanol–water partition coefficient (Wildman–Crippen LogP) is 1.38. The maximum atomic E-state index is 5.17. The van der Waals surface area contributed by atoms with E-state index in [2.05, 4.69) is 21.0 Å². The largest absolute Gasteiger partial charge is 0.478 e. The number of ether oxygens (including phenoxy) is 1. The molecule has 2 heterocycles. The molecule has 0 spiro atoms. The van der Waals surface area contributed by atoms with Gasteiger partial charge < -0.3 is 14.6 Å². The van der Waals surface area contributed by atoms with E-state index in [4.69, 9.17) is 4.74 Å². The normalized spacial score (nSPS) is 10.4. The van der Waals surface area contributed by atoms with Crippen molar-refractivity contribution in [3.8, 4) is 5.88 Å². The van der Waals surface area contributed by atoms with E-state index in [1.54, 1.807) is 11.8 Å². The van der Waals surface area contributed by atoms with Crippen molar-refractivity contribution in [3.05, 3.63) is 30.2 Å². The van der Waals surface area contributed by atoms with Gasteiger partial charge in [-0.1, -0.05) is 0 Å². The van der Waals surface area contributed by atoms with Gasteiger partial charge in [-0.2, -0.15) is 0 Å². The Bertz CT molecular complexity index is 472. The average Bonchev–Trinajstić information content (AvgIpc) is 2.81. The lowest BCUT2D eigenvalue weighted by Gasteiger charge is -2.06. The van der Waals surface area contributed by atoms with Gasteiger partial charge in [0.2, 0.25) is 0 Å². The molecule has 5 nitrogen and oxygen atoms in total. The summed E-state index contributed by atoms with van der Waals surface area (Å²) < 4.78 is 8.97. The zero-order chi connectivity index (χ0) is 11.5. The summed E-state index contributed by atoms with van der Waals surface area (Å²) in [6.07, 6.45) is 3.93. The Kier molecular flexibility index (Phi) is 2.85. The second kappa shape index (κ2) is 4.30. The molecule has 0 atom stereocenters. The fourth-order valence-corrected chi connectivity index (χ4v) is 1.61. The summed E-state index contributed by atoms with van der Waals surface area (Å²) in [5.41, 5.74) is 2.12. The van der Waals surface area contributed by atoms with Crippen LogP contribution >= 0.6 is 0 Å². The molecule has 0 aliphatic carbocycles. The number of rotatable bonds is 4. The number of hydrogen-bond donors (Lipinski definition) is 1. The van der Waals surface area contributed by atoms with Crippen molar-refractivity contribution < 1.29 is 4.74 Å². The number of aromatic nitrogens is 3. The van der Waals surface area contributed by atoms with E-state index in [0.29, 0.717) is 5.88 Å². The molecule has 0 saturated carbocycles. The van der Waals surface area contributed by atoms with Crippen LogP contribution < -0.4 is 10.1 Å². The van der Waals surface area contributed by atoms with E-state index < -0.39 is 0 Å². The number of hydrogen-bond acceptors (Lipinski definition) is 3. The first-order valence-electron chi connectivity index (χ1n) is 5.12. The van der Waals surface area contributed by atoms with Gasteiger partial charge in [-0.3, -0.25) is 4.68 Å². The highest BCUT2D eigenvalue weighted by molar-refractivity contribution is 5.51. The van der Waals surface area contributed by atoms with E-state index in [1.807, 2.05) is 32.6 Å². The van der Waals surface area contributed by atoms with E-state index in [-0.39, 0.29) is 0 Å². The van der Waals surface area contributed by atoms with Crippen LogP contribution in [0.4, 0.5) is 5.69 Å². The van der Waals surface area contributed by atoms with Gasteiger partial charge in [0.1, 0.15) is 5.69 Å². The van der Waals surface area contributed by atoms with Gasteiger partial charge in [-0.25, -0.2) is 0 Å². The Hall–Kier alpha value is -1.91. The molecule has 5 heteroatoms. The van der Waals surface area contributed by atoms with Gasteiger partial charge in [0, 0.05) is 26.0 Å². The second-order valence-electron chi connectivity index (χ2n) is 3.69. The minimum Gasteiger partial charge on any atom is -0.478 e. The number of anilines is 1. The van der Waals surface area contributed by atoms with Gasteiger partial charge in [-0.15, -0.1) is 5.10 Å². The zero-order valence-corrected chi connectivity index (χ0v) is 9.77. The van der Waals surface area contributed by atoms with Crippen LogP contribution in [0.2, 0.25) is 0 Å². The van der Waals surface area contributed by atoms with Crippen LogP contribution in [-0.2, 0) is 20.6 Å². The first kappa shape index (κ1) is 10.6. The van der Waals surface area contributed by atoms with Crippen molar-refractivity contribution in [2.24, 2.45) is 14.1 Å². The molecule has 16 heavy (non-hydrogen) atoms. The van der Waals surface area contributed by atoms with Crippen molar-refractivity contribution in [3.63, 3.8) is 0 Å². The molecule has 2 aromatic heterocycles. The number of methoxy groups -OCH3 is 1. The molecule has 0 radical (unpaired) electrons. The molecule has 0 aliphatic heterocycles. The molecule has 86 valence electrons. The molecule has 2 aromatic rings. The molecule has 0 aromatic carbocycles. The SMILES string of the molecule is COc1nn(C)cc1NCc1cccn1C. The summed E-state index contributed by atoms with van der Waals surface area (Å²) in [7, 11) is 5.52. The number of aryl methyl sites for hydroxylation is 2. The molecule has 0 aliphatic rings. The molecule has 0 amide bonds. The van der Waals surface area contributed by atoms with Crippen molar-refractivity contribution in [2.75, 3.05) is 12.4 Å². The first-order chi connectivity index (χ1) is 7.70. The molecule has 0 fully saturated rings. The highest BCUT2D eigenvalue weighted by Gasteiger charge is 2.07. The summed E-state index contributed by atoms with van der Waals surface area (Å²) in [4.78, 5) is 0. The maximum Gasteiger partial charge on any atom is 0.256 e. The van der Waals surface area contributed by atoms with Crippen LogP contribution in [0.3, 0.4) is 0 Å². The van der Waals surface area contributed by atoms with E-state index in [1.165, 1.54) is 5.69 Å². The molecule has 1 N–H and O–H groups in total. The standard InChI is InChI=1S/C11H16N4O/c1-14-6-4-5-9(14)7-12-10-8-15(2)13-11(10)16-3/h4-6,8,12H,7H2,1-3H3. The van der Waals surface area contributed by atoms with E-state index >= 15 is 0 Å². The van der Waals surface area contributed by atoms with Gasteiger partial charge in [0.15, 0.2) is 0 Å². The molecule has 0 bridgehead atoms. The Balaban J connectivity index is 2.07. The van der Waals surface area contributed by atoms with Crippen molar-refractivity contribution in [2.45, 2.75) is 6.54 Å². The lowest BCUT2D eigenvalue weighted by Crippen LogP contribution is -2.04. The van der Waals surface area contributed by atoms with Gasteiger partial charge in [-0.05, 0) is 12.1 Å². The summed E-state index contributed by atoms with van der Waals surface area (Å²) in [5, 5.41) is 7.48. The molecule has 2 rings (SSSR count). The van der Waals surface area contributed by atoms with E-state index in [0.717, 1.165) is 12.2 Å². The van der Waals surface area contributed by atoms with Crippen LogP contribution in [0.15, 0.2) is 24.5 Å². The molecule has 0 unspecified atom stereocenters. The van der Waals surface area contributed by atoms with Crippen LogP contribution in [0.25, 0.3) is 0 Å². The molecular formula is C11H16N4O. The average molecular weight is 220 g/mol. The quantitative estimate of drug-likeness (QED) is 0.846. The van der Waals surface area contributed by atoms with Crippen LogP contribution in [0.5, 0.6) is 5.88 Å². The van der Waals surface area contributed by atoms with Gasteiger partial charge in [0.05, 0.1) is 19.9 Å². The molecular weight excluding hydrogens is 204 g/mol. The van der Waals surface area contributed by atoms with Gasteiger partial charge in [0.25, 0.3) is 5.88 Å². The van der Waals surface area contributed by atoms with E-state index in [9.17, 15) is 0 Å². The summed E-state index contributed by atoms with van der Waals surface area (Å²) in [6.45, 7) is 0.756. The summed E-state index contributed by atoms with van der Waals surface area (Å²) in [6, 6.07) is 4.10. The number of nitrogens with one attached hydrogen (secondary N) is 1. The minimum atomic E-state index is 0.622. The monoisotopic (exact) mass is 220 g/mol. The second-order valence-corrected chi connectivity index (χ2v) is 3.69. The lowest BCUT2D eigenvalue weighted by molar-refractivity contribution is 0.393. The molecule has 0 saturated heterocycles. The van der Waals surface area contributed by atoms with Crippen molar-refractivity contribution in [1.29, 1.82) is 0 Å². The Morgan fingerprint density at radius 3 is 2.88 bits per heavy atom. The first-order valence-corrected chi connectivity index (χ1v) is 5.12. The smallest absolute Gasteiger partial charge is 0.256 e. The van der Waals surface area contributed by atoms with Crippen LogP contribution in [0.1, 0.15) is 5.69 Å². The maximum absolute atomic E-state index is 5.17. The highest BCUT2D eigenvalue weighted by Crippen LogP contribution is 2.21. The topological polar surface area (TPSA) is 44.0 Å². The Morgan fingerprint density at radius 2 is 2.25 bits per heavy atom. The predicted molar refractivity (Wildman–Crippen MR) is 62.5 cm³/mol. The Morgan fingerprint density at radius 1 is 1.44 bits per heavy atom. The van der Waals surface area contributed by atoms with Gasteiger partial charge >= 0.3 is 0 Å². The third-order valence-electron chi connectivity index (χ3n) is 2.50. The lowest BCUT2D eigenvalue weighted by atomic mass is 10.4. The van der Waals surface area contributed by atoms with Crippen LogP contribution in [-0.4, -0.2) is 21.5 Å². The summed E-state index contributed by atoms with van der Waals surface area (Å²) >= 11 is 0. The van der Waals surface area contributed by atoms with Crippen molar-refractivity contribution >= 4 is 5.69 Å².